The summed E-state index contributed by atoms with van der Waals surface area (Å²) >= 11 is 0. The van der Waals surface area contributed by atoms with Crippen molar-refractivity contribution in [2.75, 3.05) is 0 Å². The molecule has 2 rings (SSSR count). The standard InChI is InChI=1S/C14H14N4O6S/c15-17-16-11-6-4-10(5-7-11)2-1-3-14(21)24-25(22,23)18-12(19)8-9-13(18)20/h4-7H,1-3,8-9H2. The highest BCUT2D eigenvalue weighted by molar-refractivity contribution is 7.86. The second kappa shape index (κ2) is 7.77. The Morgan fingerprint density at radius 3 is 2.36 bits per heavy atom. The fraction of sp³-hybridized carbons (Fsp3) is 0.357. The molecule has 0 saturated carbocycles. The Kier molecular flexibility index (Phi) is 5.73. The Labute approximate surface area is 143 Å². The highest BCUT2D eigenvalue weighted by Crippen LogP contribution is 2.19. The van der Waals surface area contributed by atoms with Gasteiger partial charge in [0, 0.05) is 29.9 Å². The number of benzene rings is 1. The lowest BCUT2D eigenvalue weighted by atomic mass is 10.1. The van der Waals surface area contributed by atoms with E-state index in [0.717, 1.165) is 5.56 Å². The molecule has 1 heterocycles. The molecule has 11 heteroatoms. The number of hydrogen-bond donors (Lipinski definition) is 0. The highest BCUT2D eigenvalue weighted by atomic mass is 32.2. The number of carbonyl (C=O) groups is 3. The van der Waals surface area contributed by atoms with Gasteiger partial charge in [0.15, 0.2) is 0 Å². The van der Waals surface area contributed by atoms with E-state index in [1.54, 1.807) is 24.3 Å². The number of amides is 2. The number of carbonyl (C=O) groups excluding carboxylic acids is 3. The molecule has 2 amide bonds. The summed E-state index contributed by atoms with van der Waals surface area (Å²) in [6, 6.07) is 6.66. The number of aryl methyl sites for hydroxylation is 1. The van der Waals surface area contributed by atoms with Crippen LogP contribution in [0, 0.1) is 0 Å². The van der Waals surface area contributed by atoms with E-state index in [1.165, 1.54) is 0 Å². The molecular formula is C14H14N4O6S. The minimum atomic E-state index is -4.73. The summed E-state index contributed by atoms with van der Waals surface area (Å²) in [5, 5.41) is 3.43. The predicted octanol–water partition coefficient (Wildman–Crippen LogP) is 1.89. The van der Waals surface area contributed by atoms with Gasteiger partial charge in [0.05, 0.1) is 0 Å². The van der Waals surface area contributed by atoms with Crippen LogP contribution in [-0.4, -0.2) is 30.5 Å². The molecule has 132 valence electrons. The smallest absolute Gasteiger partial charge is 0.330 e. The van der Waals surface area contributed by atoms with Crippen molar-refractivity contribution in [3.63, 3.8) is 0 Å². The van der Waals surface area contributed by atoms with Gasteiger partial charge >= 0.3 is 16.3 Å². The average molecular weight is 366 g/mol. The fourth-order valence-electron chi connectivity index (χ4n) is 2.22. The second-order valence-corrected chi connectivity index (χ2v) is 6.56. The largest absolute Gasteiger partial charge is 0.421 e. The van der Waals surface area contributed by atoms with Gasteiger partial charge in [0.25, 0.3) is 0 Å². The third-order valence-corrected chi connectivity index (χ3v) is 4.62. The van der Waals surface area contributed by atoms with Crippen LogP contribution in [0.5, 0.6) is 0 Å². The van der Waals surface area contributed by atoms with Gasteiger partial charge in [-0.05, 0) is 23.9 Å². The zero-order valence-electron chi connectivity index (χ0n) is 13.0. The maximum absolute atomic E-state index is 11.8. The van der Waals surface area contributed by atoms with Crippen LogP contribution in [0.3, 0.4) is 0 Å². The van der Waals surface area contributed by atoms with Gasteiger partial charge in [-0.1, -0.05) is 29.4 Å². The molecule has 0 radical (unpaired) electrons. The van der Waals surface area contributed by atoms with Crippen molar-refractivity contribution in [1.82, 2.24) is 4.31 Å². The SMILES string of the molecule is [N-]=[N+]=Nc1ccc(CCCC(=O)OS(=O)(=O)N2C(=O)CCC2=O)cc1. The summed E-state index contributed by atoms with van der Waals surface area (Å²) in [4.78, 5) is 37.1. The molecule has 0 aliphatic carbocycles. The number of rotatable bonds is 7. The molecule has 0 spiro atoms. The molecule has 1 saturated heterocycles. The monoisotopic (exact) mass is 366 g/mol. The summed E-state index contributed by atoms with van der Waals surface area (Å²) < 4.78 is 27.9. The first-order chi connectivity index (χ1) is 11.8. The predicted molar refractivity (Wildman–Crippen MR) is 84.3 cm³/mol. The van der Waals surface area contributed by atoms with E-state index in [1.807, 2.05) is 0 Å². The molecule has 1 aliphatic rings. The van der Waals surface area contributed by atoms with Gasteiger partial charge in [0.1, 0.15) is 0 Å². The van der Waals surface area contributed by atoms with Crippen molar-refractivity contribution in [2.24, 2.45) is 5.11 Å². The lowest BCUT2D eigenvalue weighted by molar-refractivity contribution is -0.135. The van der Waals surface area contributed by atoms with Crippen LogP contribution >= 0.6 is 0 Å². The van der Waals surface area contributed by atoms with Gasteiger partial charge in [0.2, 0.25) is 11.8 Å². The maximum atomic E-state index is 11.8. The first-order valence-corrected chi connectivity index (χ1v) is 8.67. The number of nitrogens with zero attached hydrogens (tertiary/aromatic N) is 4. The van der Waals surface area contributed by atoms with Crippen LogP contribution in [0.25, 0.3) is 10.4 Å². The molecule has 0 aromatic heterocycles. The molecule has 10 nitrogen and oxygen atoms in total. The Morgan fingerprint density at radius 2 is 1.80 bits per heavy atom. The van der Waals surface area contributed by atoms with E-state index < -0.39 is 28.1 Å². The molecule has 0 bridgehead atoms. The van der Waals surface area contributed by atoms with Crippen LogP contribution in [0.15, 0.2) is 29.4 Å². The first-order valence-electron chi connectivity index (χ1n) is 7.31. The number of hydrogen-bond acceptors (Lipinski definition) is 7. The van der Waals surface area contributed by atoms with Crippen molar-refractivity contribution in [3.8, 4) is 0 Å². The van der Waals surface area contributed by atoms with Crippen LogP contribution in [0.1, 0.15) is 31.2 Å². The molecule has 0 unspecified atom stereocenters. The van der Waals surface area contributed by atoms with Crippen molar-refractivity contribution in [2.45, 2.75) is 32.1 Å². The molecule has 25 heavy (non-hydrogen) atoms. The molecule has 0 N–H and O–H groups in total. The Hall–Kier alpha value is -2.91. The molecule has 1 fully saturated rings. The molecule has 1 aromatic rings. The van der Waals surface area contributed by atoms with Crippen LogP contribution < -0.4 is 0 Å². The maximum Gasteiger partial charge on any atom is 0.421 e. The normalized spacial score (nSPS) is 14.3. The number of azide groups is 1. The minimum Gasteiger partial charge on any atom is -0.330 e. The van der Waals surface area contributed by atoms with Gasteiger partial charge in [-0.25, -0.2) is 0 Å². The summed E-state index contributed by atoms with van der Waals surface area (Å²) in [5.41, 5.74) is 9.62. The Morgan fingerprint density at radius 1 is 1.20 bits per heavy atom. The fourth-order valence-corrected chi connectivity index (χ4v) is 3.29. The van der Waals surface area contributed by atoms with E-state index in [2.05, 4.69) is 14.2 Å². The summed E-state index contributed by atoms with van der Waals surface area (Å²) in [6.07, 6.45) is 0.126. The van der Waals surface area contributed by atoms with Gasteiger partial charge < -0.3 is 4.18 Å². The summed E-state index contributed by atoms with van der Waals surface area (Å²) in [7, 11) is -4.73. The quantitative estimate of drug-likeness (QED) is 0.311. The van der Waals surface area contributed by atoms with E-state index in [9.17, 15) is 22.8 Å². The molecule has 1 aliphatic heterocycles. The molecule has 1 aromatic carbocycles. The minimum absolute atomic E-state index is 0.000658. The summed E-state index contributed by atoms with van der Waals surface area (Å²) in [6.45, 7) is 0. The summed E-state index contributed by atoms with van der Waals surface area (Å²) in [5.74, 6) is -2.85. The zero-order valence-corrected chi connectivity index (χ0v) is 13.8. The van der Waals surface area contributed by atoms with E-state index in [0.29, 0.717) is 18.5 Å². The topological polar surface area (TPSA) is 147 Å². The Bertz CT molecular complexity index is 827. The lowest BCUT2D eigenvalue weighted by Gasteiger charge is -2.13. The second-order valence-electron chi connectivity index (χ2n) is 5.17. The van der Waals surface area contributed by atoms with Crippen molar-refractivity contribution >= 4 is 33.8 Å². The zero-order chi connectivity index (χ0) is 18.4. The van der Waals surface area contributed by atoms with E-state index in [-0.39, 0.29) is 23.6 Å². The first kappa shape index (κ1) is 18.4. The average Bonchev–Trinajstić information content (AvgIpc) is 2.88. The van der Waals surface area contributed by atoms with E-state index >= 15 is 0 Å². The van der Waals surface area contributed by atoms with Crippen LogP contribution in [-0.2, 0) is 35.3 Å². The molecular weight excluding hydrogens is 352 g/mol. The lowest BCUT2D eigenvalue weighted by Crippen LogP contribution is -2.37. The third kappa shape index (κ3) is 4.78. The highest BCUT2D eigenvalue weighted by Gasteiger charge is 2.41. The van der Waals surface area contributed by atoms with Crippen molar-refractivity contribution in [1.29, 1.82) is 0 Å². The van der Waals surface area contributed by atoms with Gasteiger partial charge in [-0.3, -0.25) is 14.4 Å². The third-order valence-electron chi connectivity index (χ3n) is 3.37. The number of imide groups is 1. The van der Waals surface area contributed by atoms with Crippen LogP contribution in [0.4, 0.5) is 5.69 Å². The van der Waals surface area contributed by atoms with Gasteiger partial charge in [-0.15, -0.1) is 4.31 Å². The van der Waals surface area contributed by atoms with Crippen molar-refractivity contribution < 1.29 is 27.0 Å². The van der Waals surface area contributed by atoms with Crippen LogP contribution in [0.2, 0.25) is 0 Å². The van der Waals surface area contributed by atoms with Gasteiger partial charge in [-0.2, -0.15) is 8.42 Å². The van der Waals surface area contributed by atoms with E-state index in [4.69, 9.17) is 5.53 Å². The molecule has 0 atom stereocenters. The Balaban J connectivity index is 1.85. The van der Waals surface area contributed by atoms with Crippen molar-refractivity contribution in [3.05, 3.63) is 40.3 Å².